The zero-order valence-corrected chi connectivity index (χ0v) is 7.62. The van der Waals surface area contributed by atoms with E-state index in [1.165, 1.54) is 10.9 Å². The van der Waals surface area contributed by atoms with Crippen molar-refractivity contribution in [3.05, 3.63) is 18.0 Å². The summed E-state index contributed by atoms with van der Waals surface area (Å²) in [4.78, 5) is 0. The molecule has 0 unspecified atom stereocenters. The van der Waals surface area contributed by atoms with Crippen LogP contribution in [0.1, 0.15) is 12.1 Å². The number of nitrogens with zero attached hydrogens (tertiary/aromatic N) is 2. The first-order valence-corrected chi connectivity index (χ1v) is 4.13. The molecule has 0 radical (unpaired) electrons. The van der Waals surface area contributed by atoms with Crippen LogP contribution in [-0.4, -0.2) is 27.2 Å². The van der Waals surface area contributed by atoms with Gasteiger partial charge in [0, 0.05) is 18.9 Å². The zero-order chi connectivity index (χ0) is 10.8. The molecule has 0 bridgehead atoms. The van der Waals surface area contributed by atoms with Gasteiger partial charge < -0.3 is 5.11 Å². The second kappa shape index (κ2) is 4.00. The quantitative estimate of drug-likeness (QED) is 0.812. The standard InChI is InChI=1S/C8H11F3N2O/c1-13-6(4-5-12-13)2-3-7(14)8(9,10)11/h4-5,7,14H,2-3H2,1H3/t7-/m1/s1. The first-order chi connectivity index (χ1) is 6.41. The Morgan fingerprint density at radius 1 is 1.57 bits per heavy atom. The fourth-order valence-corrected chi connectivity index (χ4v) is 1.09. The monoisotopic (exact) mass is 208 g/mol. The maximum Gasteiger partial charge on any atom is 0.414 e. The molecular formula is C8H11F3N2O. The molecule has 0 spiro atoms. The molecule has 3 nitrogen and oxygen atoms in total. The lowest BCUT2D eigenvalue weighted by atomic mass is 10.1. The Kier molecular flexibility index (Phi) is 3.15. The maximum absolute atomic E-state index is 11.9. The predicted octanol–water partition coefficient (Wildman–Crippen LogP) is 1.28. The highest BCUT2D eigenvalue weighted by molar-refractivity contribution is 5.00. The fraction of sp³-hybridized carbons (Fsp3) is 0.625. The van der Waals surface area contributed by atoms with Crippen LogP contribution in [0, 0.1) is 0 Å². The van der Waals surface area contributed by atoms with Gasteiger partial charge in [-0.05, 0) is 18.9 Å². The van der Waals surface area contributed by atoms with E-state index in [9.17, 15) is 13.2 Å². The topological polar surface area (TPSA) is 38.0 Å². The van der Waals surface area contributed by atoms with E-state index in [1.54, 1.807) is 13.1 Å². The molecule has 1 atom stereocenters. The molecule has 14 heavy (non-hydrogen) atoms. The Labute approximate surface area is 79.2 Å². The summed E-state index contributed by atoms with van der Waals surface area (Å²) >= 11 is 0. The van der Waals surface area contributed by atoms with Crippen LogP contribution < -0.4 is 0 Å². The van der Waals surface area contributed by atoms with Gasteiger partial charge in [-0.15, -0.1) is 0 Å². The Balaban J connectivity index is 2.46. The minimum absolute atomic E-state index is 0.164. The summed E-state index contributed by atoms with van der Waals surface area (Å²) < 4.78 is 37.2. The third-order valence-electron chi connectivity index (χ3n) is 1.97. The van der Waals surface area contributed by atoms with Crippen molar-refractivity contribution < 1.29 is 18.3 Å². The maximum atomic E-state index is 11.9. The minimum Gasteiger partial charge on any atom is -0.384 e. The van der Waals surface area contributed by atoms with E-state index in [-0.39, 0.29) is 12.8 Å². The van der Waals surface area contributed by atoms with Crippen LogP contribution in [0.2, 0.25) is 0 Å². The number of aliphatic hydroxyl groups is 1. The van der Waals surface area contributed by atoms with Gasteiger partial charge in [0.25, 0.3) is 0 Å². The smallest absolute Gasteiger partial charge is 0.384 e. The van der Waals surface area contributed by atoms with Gasteiger partial charge in [-0.3, -0.25) is 4.68 Å². The van der Waals surface area contributed by atoms with Crippen molar-refractivity contribution in [3.8, 4) is 0 Å². The van der Waals surface area contributed by atoms with E-state index in [0.717, 1.165) is 0 Å². The number of hydrogen-bond donors (Lipinski definition) is 1. The zero-order valence-electron chi connectivity index (χ0n) is 7.62. The number of hydrogen-bond acceptors (Lipinski definition) is 2. The van der Waals surface area contributed by atoms with Crippen molar-refractivity contribution in [3.63, 3.8) is 0 Å². The fourth-order valence-electron chi connectivity index (χ4n) is 1.09. The average Bonchev–Trinajstić information content (AvgIpc) is 2.45. The summed E-state index contributed by atoms with van der Waals surface area (Å²) in [5, 5.41) is 12.5. The first kappa shape index (κ1) is 11.0. The second-order valence-electron chi connectivity index (χ2n) is 3.04. The van der Waals surface area contributed by atoms with Gasteiger partial charge in [0.15, 0.2) is 0 Å². The Bertz CT molecular complexity index is 295. The van der Waals surface area contributed by atoms with E-state index in [2.05, 4.69) is 5.10 Å². The van der Waals surface area contributed by atoms with Gasteiger partial charge in [0.05, 0.1) is 0 Å². The van der Waals surface area contributed by atoms with Crippen LogP contribution in [0.15, 0.2) is 12.3 Å². The highest BCUT2D eigenvalue weighted by Gasteiger charge is 2.37. The number of aryl methyl sites for hydroxylation is 2. The molecule has 1 heterocycles. The molecule has 0 fully saturated rings. The molecule has 0 aliphatic carbocycles. The number of rotatable bonds is 3. The summed E-state index contributed by atoms with van der Waals surface area (Å²) in [6.07, 6.45) is -5.44. The lowest BCUT2D eigenvalue weighted by Crippen LogP contribution is -2.29. The van der Waals surface area contributed by atoms with E-state index >= 15 is 0 Å². The molecule has 6 heteroatoms. The summed E-state index contributed by atoms with van der Waals surface area (Å²) in [6, 6.07) is 1.63. The van der Waals surface area contributed by atoms with Crippen molar-refractivity contribution in [2.45, 2.75) is 25.1 Å². The van der Waals surface area contributed by atoms with E-state index in [1.807, 2.05) is 0 Å². The van der Waals surface area contributed by atoms with E-state index in [0.29, 0.717) is 5.69 Å². The lowest BCUT2D eigenvalue weighted by Gasteiger charge is -2.13. The normalized spacial score (nSPS) is 14.4. The minimum atomic E-state index is -4.53. The molecule has 1 rings (SSSR count). The molecule has 80 valence electrons. The molecule has 0 aliphatic heterocycles. The molecular weight excluding hydrogens is 197 g/mol. The van der Waals surface area contributed by atoms with Gasteiger partial charge in [0.1, 0.15) is 6.10 Å². The van der Waals surface area contributed by atoms with E-state index < -0.39 is 12.3 Å². The summed E-state index contributed by atoms with van der Waals surface area (Å²) in [6.45, 7) is 0. The van der Waals surface area contributed by atoms with Crippen LogP contribution in [0.25, 0.3) is 0 Å². The van der Waals surface area contributed by atoms with Gasteiger partial charge in [-0.1, -0.05) is 0 Å². The van der Waals surface area contributed by atoms with Crippen LogP contribution in [0.4, 0.5) is 13.2 Å². The van der Waals surface area contributed by atoms with Crippen LogP contribution in [0.3, 0.4) is 0 Å². The third-order valence-corrected chi connectivity index (χ3v) is 1.97. The van der Waals surface area contributed by atoms with Gasteiger partial charge in [-0.25, -0.2) is 0 Å². The second-order valence-corrected chi connectivity index (χ2v) is 3.04. The van der Waals surface area contributed by atoms with E-state index in [4.69, 9.17) is 5.11 Å². The first-order valence-electron chi connectivity index (χ1n) is 4.13. The van der Waals surface area contributed by atoms with Crippen molar-refractivity contribution >= 4 is 0 Å². The molecule has 1 N–H and O–H groups in total. The predicted molar refractivity (Wildman–Crippen MR) is 43.6 cm³/mol. The van der Waals surface area contributed by atoms with Crippen LogP contribution >= 0.6 is 0 Å². The number of aromatic nitrogens is 2. The summed E-state index contributed by atoms with van der Waals surface area (Å²) in [5.41, 5.74) is 0.674. The Hall–Kier alpha value is -1.04. The summed E-state index contributed by atoms with van der Waals surface area (Å²) in [5.74, 6) is 0. The molecule has 0 saturated heterocycles. The SMILES string of the molecule is Cn1nccc1CC[C@@H](O)C(F)(F)F. The number of alkyl halides is 3. The third kappa shape index (κ3) is 2.73. The van der Waals surface area contributed by atoms with Crippen LogP contribution in [-0.2, 0) is 13.5 Å². The van der Waals surface area contributed by atoms with Crippen molar-refractivity contribution in [1.29, 1.82) is 0 Å². The largest absolute Gasteiger partial charge is 0.414 e. The molecule has 0 saturated carbocycles. The summed E-state index contributed by atoms with van der Waals surface area (Å²) in [7, 11) is 1.65. The van der Waals surface area contributed by atoms with Crippen molar-refractivity contribution in [2.24, 2.45) is 7.05 Å². The van der Waals surface area contributed by atoms with Gasteiger partial charge in [0.2, 0.25) is 0 Å². The highest BCUT2D eigenvalue weighted by Crippen LogP contribution is 2.23. The van der Waals surface area contributed by atoms with Crippen molar-refractivity contribution in [1.82, 2.24) is 9.78 Å². The molecule has 0 aliphatic rings. The van der Waals surface area contributed by atoms with Crippen LogP contribution in [0.5, 0.6) is 0 Å². The number of halogens is 3. The van der Waals surface area contributed by atoms with Crippen molar-refractivity contribution in [2.75, 3.05) is 0 Å². The molecule has 1 aromatic rings. The molecule has 0 aromatic carbocycles. The van der Waals surface area contributed by atoms with Gasteiger partial charge >= 0.3 is 6.18 Å². The highest BCUT2D eigenvalue weighted by atomic mass is 19.4. The average molecular weight is 208 g/mol. The molecule has 1 aromatic heterocycles. The number of aliphatic hydroxyl groups excluding tert-OH is 1. The molecule has 0 amide bonds. The Morgan fingerprint density at radius 3 is 2.64 bits per heavy atom. The van der Waals surface area contributed by atoms with Gasteiger partial charge in [-0.2, -0.15) is 18.3 Å². The lowest BCUT2D eigenvalue weighted by molar-refractivity contribution is -0.205. The Morgan fingerprint density at radius 2 is 2.21 bits per heavy atom.